The van der Waals surface area contributed by atoms with Crippen LogP contribution < -0.4 is 0 Å². The Labute approximate surface area is 105 Å². The smallest absolute Gasteiger partial charge is 0.363 e. The molecule has 0 unspecified atom stereocenters. The first-order valence-electron chi connectivity index (χ1n) is 4.58. The van der Waals surface area contributed by atoms with Crippen LogP contribution in [0.25, 0.3) is 5.69 Å². The first kappa shape index (κ1) is 12.0. The molecule has 1 N–H and O–H groups in total. The van der Waals surface area contributed by atoms with Gasteiger partial charge in [-0.25, -0.2) is 9.48 Å². The van der Waals surface area contributed by atoms with Crippen LogP contribution in [0.5, 0.6) is 0 Å². The molecule has 2 heterocycles. The Bertz CT molecular complexity index is 608. The van der Waals surface area contributed by atoms with Crippen LogP contribution in [0.4, 0.5) is 5.69 Å². The molecular weight excluding hydrogens is 264 g/mol. The average molecular weight is 269 g/mol. The highest BCUT2D eigenvalue weighted by molar-refractivity contribution is 6.32. The molecule has 0 saturated carbocycles. The highest BCUT2D eigenvalue weighted by Crippen LogP contribution is 2.23. The van der Waals surface area contributed by atoms with Gasteiger partial charge in [0.2, 0.25) is 5.69 Å². The second-order valence-corrected chi connectivity index (χ2v) is 3.60. The van der Waals surface area contributed by atoms with Crippen molar-refractivity contribution in [2.24, 2.45) is 0 Å². The van der Waals surface area contributed by atoms with E-state index >= 15 is 0 Å². The van der Waals surface area contributed by atoms with Crippen molar-refractivity contribution in [3.05, 3.63) is 45.5 Å². The van der Waals surface area contributed by atoms with E-state index in [0.29, 0.717) is 5.69 Å². The number of halogens is 1. The molecular formula is C9H5ClN4O4. The number of aromatic nitrogens is 3. The van der Waals surface area contributed by atoms with Crippen molar-refractivity contribution in [2.45, 2.75) is 0 Å². The number of carboxylic acid groups (broad SMARTS) is 1. The van der Waals surface area contributed by atoms with Gasteiger partial charge in [0.25, 0.3) is 0 Å². The summed E-state index contributed by atoms with van der Waals surface area (Å²) in [7, 11) is 0. The zero-order valence-corrected chi connectivity index (χ0v) is 9.40. The molecule has 9 heteroatoms. The maximum Gasteiger partial charge on any atom is 0.363 e. The molecule has 2 aromatic heterocycles. The van der Waals surface area contributed by atoms with Gasteiger partial charge < -0.3 is 5.11 Å². The summed E-state index contributed by atoms with van der Waals surface area (Å²) in [5.74, 6) is -1.48. The van der Waals surface area contributed by atoms with Crippen molar-refractivity contribution in [3.8, 4) is 5.69 Å². The number of hydrogen-bond acceptors (Lipinski definition) is 5. The lowest BCUT2D eigenvalue weighted by molar-refractivity contribution is -0.385. The number of nitro groups is 1. The molecule has 0 aliphatic rings. The van der Waals surface area contributed by atoms with Crippen LogP contribution in [0.15, 0.2) is 24.7 Å². The van der Waals surface area contributed by atoms with Gasteiger partial charge in [0.05, 0.1) is 15.6 Å². The molecule has 2 rings (SSSR count). The predicted molar refractivity (Wildman–Crippen MR) is 60.0 cm³/mol. The van der Waals surface area contributed by atoms with Gasteiger partial charge in [-0.05, 0) is 6.07 Å². The molecule has 2 aromatic rings. The number of rotatable bonds is 3. The lowest BCUT2D eigenvalue weighted by Gasteiger charge is -2.01. The number of nitrogens with zero attached hydrogens (tertiary/aromatic N) is 4. The van der Waals surface area contributed by atoms with Crippen LogP contribution in [-0.2, 0) is 0 Å². The first-order valence-corrected chi connectivity index (χ1v) is 4.95. The fraction of sp³-hybridized carbons (Fsp3) is 0. The Morgan fingerprint density at radius 2 is 2.28 bits per heavy atom. The van der Waals surface area contributed by atoms with Crippen molar-refractivity contribution in [1.29, 1.82) is 0 Å². The molecule has 0 aliphatic heterocycles. The standard InChI is InChI=1S/C9H5ClN4O4/c10-5-3-11-2-1-6(5)13-4-7(14(17)18)8(12-13)9(15)16/h1-4H,(H,15,16). The quantitative estimate of drug-likeness (QED) is 0.667. The summed E-state index contributed by atoms with van der Waals surface area (Å²) in [6.07, 6.45) is 3.73. The maximum atomic E-state index is 10.8. The normalized spacial score (nSPS) is 10.3. The molecule has 0 amide bonds. The molecule has 8 nitrogen and oxygen atoms in total. The van der Waals surface area contributed by atoms with E-state index in [-0.39, 0.29) is 5.02 Å². The van der Waals surface area contributed by atoms with E-state index in [1.807, 2.05) is 0 Å². The predicted octanol–water partition coefficient (Wildman–Crippen LogP) is 1.53. The summed E-state index contributed by atoms with van der Waals surface area (Å²) in [5.41, 5.74) is -0.939. The third-order valence-corrected chi connectivity index (χ3v) is 2.38. The third-order valence-electron chi connectivity index (χ3n) is 2.09. The molecule has 92 valence electrons. The number of aromatic carboxylic acids is 1. The molecule has 0 atom stereocenters. The molecule has 0 aliphatic carbocycles. The monoisotopic (exact) mass is 268 g/mol. The van der Waals surface area contributed by atoms with Gasteiger partial charge in [-0.15, -0.1) is 0 Å². The highest BCUT2D eigenvalue weighted by atomic mass is 35.5. The lowest BCUT2D eigenvalue weighted by Crippen LogP contribution is -2.03. The zero-order valence-electron chi connectivity index (χ0n) is 8.65. The number of carbonyl (C=O) groups is 1. The fourth-order valence-corrected chi connectivity index (χ4v) is 1.53. The molecule has 0 radical (unpaired) electrons. The van der Waals surface area contributed by atoms with Crippen LogP contribution in [0.2, 0.25) is 5.02 Å². The van der Waals surface area contributed by atoms with Crippen molar-refractivity contribution in [3.63, 3.8) is 0 Å². The van der Waals surface area contributed by atoms with Gasteiger partial charge in [-0.2, -0.15) is 5.10 Å². The zero-order chi connectivity index (χ0) is 13.3. The molecule has 18 heavy (non-hydrogen) atoms. The van der Waals surface area contributed by atoms with E-state index in [0.717, 1.165) is 10.9 Å². The van der Waals surface area contributed by atoms with Crippen LogP contribution in [-0.4, -0.2) is 30.8 Å². The summed E-state index contributed by atoms with van der Waals surface area (Å²) in [6.45, 7) is 0. The Morgan fingerprint density at radius 1 is 1.56 bits per heavy atom. The fourth-order valence-electron chi connectivity index (χ4n) is 1.33. The van der Waals surface area contributed by atoms with E-state index in [1.165, 1.54) is 18.5 Å². The lowest BCUT2D eigenvalue weighted by atomic mass is 10.4. The molecule has 0 saturated heterocycles. The van der Waals surface area contributed by atoms with Gasteiger partial charge in [0, 0.05) is 12.4 Å². The van der Waals surface area contributed by atoms with E-state index in [4.69, 9.17) is 16.7 Å². The van der Waals surface area contributed by atoms with Gasteiger partial charge in [0.15, 0.2) is 0 Å². The van der Waals surface area contributed by atoms with Gasteiger partial charge in [0.1, 0.15) is 6.20 Å². The van der Waals surface area contributed by atoms with Crippen molar-refractivity contribution >= 4 is 23.3 Å². The van der Waals surface area contributed by atoms with E-state index in [2.05, 4.69) is 10.1 Å². The minimum Gasteiger partial charge on any atom is -0.476 e. The second kappa shape index (κ2) is 4.41. The van der Waals surface area contributed by atoms with Crippen molar-refractivity contribution in [1.82, 2.24) is 14.8 Å². The Hall–Kier alpha value is -2.48. The number of carboxylic acids is 1. The SMILES string of the molecule is O=C(O)c1nn(-c2ccncc2Cl)cc1[N+](=O)[O-]. The summed E-state index contributed by atoms with van der Waals surface area (Å²) < 4.78 is 1.03. The molecule has 0 aromatic carbocycles. The number of hydrogen-bond donors (Lipinski definition) is 1. The minimum absolute atomic E-state index is 0.201. The summed E-state index contributed by atoms with van der Waals surface area (Å²) in [6, 6.07) is 1.46. The average Bonchev–Trinajstić information content (AvgIpc) is 2.74. The van der Waals surface area contributed by atoms with Gasteiger partial charge in [-0.3, -0.25) is 15.1 Å². The molecule has 0 bridgehead atoms. The largest absolute Gasteiger partial charge is 0.476 e. The summed E-state index contributed by atoms with van der Waals surface area (Å²) in [4.78, 5) is 24.5. The van der Waals surface area contributed by atoms with Crippen LogP contribution in [0.1, 0.15) is 10.5 Å². The maximum absolute atomic E-state index is 10.8. The topological polar surface area (TPSA) is 111 Å². The third kappa shape index (κ3) is 2.00. The number of pyridine rings is 1. The second-order valence-electron chi connectivity index (χ2n) is 3.20. The summed E-state index contributed by atoms with van der Waals surface area (Å²) >= 11 is 5.84. The Morgan fingerprint density at radius 3 is 2.78 bits per heavy atom. The van der Waals surface area contributed by atoms with Crippen LogP contribution >= 0.6 is 11.6 Å². The van der Waals surface area contributed by atoms with E-state index in [1.54, 1.807) is 0 Å². The Kier molecular flexibility index (Phi) is 2.94. The van der Waals surface area contributed by atoms with E-state index in [9.17, 15) is 14.9 Å². The van der Waals surface area contributed by atoms with Crippen molar-refractivity contribution < 1.29 is 14.8 Å². The van der Waals surface area contributed by atoms with Crippen LogP contribution in [0.3, 0.4) is 0 Å². The van der Waals surface area contributed by atoms with E-state index < -0.39 is 22.3 Å². The Balaban J connectivity index is 2.61. The minimum atomic E-state index is -1.48. The van der Waals surface area contributed by atoms with Crippen LogP contribution in [0, 0.1) is 10.1 Å². The van der Waals surface area contributed by atoms with Crippen molar-refractivity contribution in [2.75, 3.05) is 0 Å². The molecule has 0 fully saturated rings. The highest BCUT2D eigenvalue weighted by Gasteiger charge is 2.26. The van der Waals surface area contributed by atoms with Gasteiger partial charge in [-0.1, -0.05) is 11.6 Å². The first-order chi connectivity index (χ1) is 8.50. The summed E-state index contributed by atoms with van der Waals surface area (Å²) in [5, 5.41) is 23.3. The van der Waals surface area contributed by atoms with Gasteiger partial charge >= 0.3 is 11.7 Å². The molecule has 0 spiro atoms.